The second-order valence-corrected chi connectivity index (χ2v) is 6.59. The molecular weight excluding hydrogens is 262 g/mol. The van der Waals surface area contributed by atoms with Gasteiger partial charge >= 0.3 is 0 Å². The lowest BCUT2D eigenvalue weighted by molar-refractivity contribution is 0.313. The number of rotatable bonds is 6. The molecule has 0 bridgehead atoms. The maximum atomic E-state index is 4.69. The molecule has 1 aliphatic heterocycles. The van der Waals surface area contributed by atoms with Crippen molar-refractivity contribution in [1.29, 1.82) is 0 Å². The summed E-state index contributed by atoms with van der Waals surface area (Å²) in [5.74, 6) is 0.850. The van der Waals surface area contributed by atoms with E-state index >= 15 is 0 Å². The molecule has 2 aliphatic rings. The van der Waals surface area contributed by atoms with Crippen molar-refractivity contribution in [2.45, 2.75) is 51.2 Å². The Labute approximate surface area is 127 Å². The van der Waals surface area contributed by atoms with Crippen molar-refractivity contribution in [2.24, 2.45) is 0 Å². The quantitative estimate of drug-likeness (QED) is 0.861. The Balaban J connectivity index is 1.60. The molecule has 0 amide bonds. The summed E-state index contributed by atoms with van der Waals surface area (Å²) >= 11 is 0. The SMILES string of the molecule is Cc1nc(N(C)CC2CCCN2C)ncc1CNC1CC1. The minimum atomic E-state index is 0.634. The molecule has 2 fully saturated rings. The van der Waals surface area contributed by atoms with Gasteiger partial charge in [-0.25, -0.2) is 9.97 Å². The Morgan fingerprint density at radius 1 is 1.38 bits per heavy atom. The van der Waals surface area contributed by atoms with Crippen molar-refractivity contribution in [1.82, 2.24) is 20.2 Å². The van der Waals surface area contributed by atoms with E-state index in [0.717, 1.165) is 30.8 Å². The summed E-state index contributed by atoms with van der Waals surface area (Å²) in [5, 5.41) is 3.53. The number of nitrogens with zero attached hydrogens (tertiary/aromatic N) is 4. The first-order valence-corrected chi connectivity index (χ1v) is 8.11. The van der Waals surface area contributed by atoms with Crippen LogP contribution in [0.4, 0.5) is 5.95 Å². The zero-order valence-corrected chi connectivity index (χ0v) is 13.5. The van der Waals surface area contributed by atoms with E-state index in [1.807, 2.05) is 6.20 Å². The highest BCUT2D eigenvalue weighted by atomic mass is 15.3. The van der Waals surface area contributed by atoms with Gasteiger partial charge in [0.25, 0.3) is 0 Å². The van der Waals surface area contributed by atoms with Crippen LogP contribution in [0.2, 0.25) is 0 Å². The molecule has 1 saturated heterocycles. The molecule has 5 heteroatoms. The predicted molar refractivity (Wildman–Crippen MR) is 85.6 cm³/mol. The summed E-state index contributed by atoms with van der Waals surface area (Å²) in [5.41, 5.74) is 2.32. The largest absolute Gasteiger partial charge is 0.342 e. The first-order chi connectivity index (χ1) is 10.1. The van der Waals surface area contributed by atoms with Gasteiger partial charge in [-0.05, 0) is 46.2 Å². The number of likely N-dealkylation sites (N-methyl/N-ethyl adjacent to an activating group) is 2. The van der Waals surface area contributed by atoms with Gasteiger partial charge in [0.2, 0.25) is 5.95 Å². The molecule has 1 atom stereocenters. The number of likely N-dealkylation sites (tertiary alicyclic amines) is 1. The number of aromatic nitrogens is 2. The highest BCUT2D eigenvalue weighted by molar-refractivity contribution is 5.32. The van der Waals surface area contributed by atoms with Gasteiger partial charge in [-0.1, -0.05) is 0 Å². The average Bonchev–Trinajstić information content (AvgIpc) is 3.21. The van der Waals surface area contributed by atoms with E-state index in [9.17, 15) is 0 Å². The van der Waals surface area contributed by atoms with Gasteiger partial charge in [0.05, 0.1) is 0 Å². The summed E-state index contributed by atoms with van der Waals surface area (Å²) in [6, 6.07) is 1.36. The number of anilines is 1. The minimum Gasteiger partial charge on any atom is -0.342 e. The molecule has 5 nitrogen and oxygen atoms in total. The van der Waals surface area contributed by atoms with Crippen molar-refractivity contribution < 1.29 is 0 Å². The standard InChI is InChI=1S/C16H27N5/c1-12-13(9-17-14-6-7-14)10-18-16(19-12)21(3)11-15-5-4-8-20(15)2/h10,14-15,17H,4-9,11H2,1-3H3. The number of aryl methyl sites for hydroxylation is 1. The molecule has 1 aliphatic carbocycles. The predicted octanol–water partition coefficient (Wildman–Crippen LogP) is 1.57. The first-order valence-electron chi connectivity index (χ1n) is 8.11. The van der Waals surface area contributed by atoms with Crippen molar-refractivity contribution in [3.63, 3.8) is 0 Å². The van der Waals surface area contributed by atoms with E-state index in [2.05, 4.69) is 41.1 Å². The topological polar surface area (TPSA) is 44.3 Å². The molecule has 1 aromatic rings. The van der Waals surface area contributed by atoms with E-state index in [1.165, 1.54) is 37.8 Å². The molecule has 1 saturated carbocycles. The molecule has 0 aromatic carbocycles. The Morgan fingerprint density at radius 3 is 2.81 bits per heavy atom. The zero-order valence-electron chi connectivity index (χ0n) is 13.5. The first kappa shape index (κ1) is 14.7. The molecule has 0 spiro atoms. The zero-order chi connectivity index (χ0) is 14.8. The van der Waals surface area contributed by atoms with Crippen LogP contribution in [-0.2, 0) is 6.54 Å². The van der Waals surface area contributed by atoms with Crippen molar-refractivity contribution in [2.75, 3.05) is 32.1 Å². The fourth-order valence-corrected chi connectivity index (χ4v) is 2.99. The molecule has 0 radical (unpaired) electrons. The van der Waals surface area contributed by atoms with E-state index < -0.39 is 0 Å². The third kappa shape index (κ3) is 3.71. The van der Waals surface area contributed by atoms with Crippen molar-refractivity contribution in [3.05, 3.63) is 17.5 Å². The summed E-state index contributed by atoms with van der Waals surface area (Å²) in [4.78, 5) is 13.9. The van der Waals surface area contributed by atoms with Crippen LogP contribution in [0, 0.1) is 6.92 Å². The van der Waals surface area contributed by atoms with Crippen LogP contribution in [0.5, 0.6) is 0 Å². The molecule has 2 heterocycles. The Morgan fingerprint density at radius 2 is 2.19 bits per heavy atom. The second-order valence-electron chi connectivity index (χ2n) is 6.59. The molecule has 1 unspecified atom stereocenters. The fourth-order valence-electron chi connectivity index (χ4n) is 2.99. The van der Waals surface area contributed by atoms with E-state index in [-0.39, 0.29) is 0 Å². The Kier molecular flexibility index (Phi) is 4.40. The third-order valence-electron chi connectivity index (χ3n) is 4.72. The fraction of sp³-hybridized carbons (Fsp3) is 0.750. The van der Waals surface area contributed by atoms with E-state index in [4.69, 9.17) is 4.98 Å². The third-order valence-corrected chi connectivity index (χ3v) is 4.72. The van der Waals surface area contributed by atoms with Crippen LogP contribution >= 0.6 is 0 Å². The normalized spacial score (nSPS) is 22.7. The van der Waals surface area contributed by atoms with Gasteiger partial charge in [0, 0.05) is 49.7 Å². The molecule has 1 N–H and O–H groups in total. The van der Waals surface area contributed by atoms with E-state index in [0.29, 0.717) is 6.04 Å². The smallest absolute Gasteiger partial charge is 0.225 e. The highest BCUT2D eigenvalue weighted by Crippen LogP contribution is 2.20. The molecule has 1 aromatic heterocycles. The van der Waals surface area contributed by atoms with Crippen LogP contribution in [-0.4, -0.2) is 54.1 Å². The number of hydrogen-bond donors (Lipinski definition) is 1. The number of nitrogens with one attached hydrogen (secondary N) is 1. The molecular formula is C16H27N5. The van der Waals surface area contributed by atoms with Crippen LogP contribution in [0.25, 0.3) is 0 Å². The van der Waals surface area contributed by atoms with Gasteiger partial charge in [-0.2, -0.15) is 0 Å². The summed E-state index contributed by atoms with van der Waals surface area (Å²) in [6.07, 6.45) is 7.21. The summed E-state index contributed by atoms with van der Waals surface area (Å²) in [6.45, 7) is 5.20. The van der Waals surface area contributed by atoms with Gasteiger partial charge in [0.15, 0.2) is 0 Å². The van der Waals surface area contributed by atoms with Crippen molar-refractivity contribution in [3.8, 4) is 0 Å². The lowest BCUT2D eigenvalue weighted by Crippen LogP contribution is -2.37. The van der Waals surface area contributed by atoms with Crippen LogP contribution in [0.1, 0.15) is 36.9 Å². The Hall–Kier alpha value is -1.20. The van der Waals surface area contributed by atoms with Crippen LogP contribution < -0.4 is 10.2 Å². The second kappa shape index (κ2) is 6.28. The van der Waals surface area contributed by atoms with Gasteiger partial charge in [0.1, 0.15) is 0 Å². The maximum absolute atomic E-state index is 4.69. The molecule has 3 rings (SSSR count). The van der Waals surface area contributed by atoms with Crippen LogP contribution in [0.3, 0.4) is 0 Å². The lowest BCUT2D eigenvalue weighted by atomic mass is 10.2. The monoisotopic (exact) mass is 289 g/mol. The lowest BCUT2D eigenvalue weighted by Gasteiger charge is -2.26. The highest BCUT2D eigenvalue weighted by Gasteiger charge is 2.23. The Bertz CT molecular complexity index is 486. The summed E-state index contributed by atoms with van der Waals surface area (Å²) < 4.78 is 0. The molecule has 116 valence electrons. The van der Waals surface area contributed by atoms with Gasteiger partial charge < -0.3 is 15.1 Å². The molecule has 21 heavy (non-hydrogen) atoms. The number of hydrogen-bond acceptors (Lipinski definition) is 5. The maximum Gasteiger partial charge on any atom is 0.225 e. The van der Waals surface area contributed by atoms with Gasteiger partial charge in [-0.3, -0.25) is 0 Å². The van der Waals surface area contributed by atoms with Crippen molar-refractivity contribution >= 4 is 5.95 Å². The van der Waals surface area contributed by atoms with Gasteiger partial charge in [-0.15, -0.1) is 0 Å². The summed E-state index contributed by atoms with van der Waals surface area (Å²) in [7, 11) is 4.31. The minimum absolute atomic E-state index is 0.634. The average molecular weight is 289 g/mol. The van der Waals surface area contributed by atoms with E-state index in [1.54, 1.807) is 0 Å². The van der Waals surface area contributed by atoms with Crippen LogP contribution in [0.15, 0.2) is 6.20 Å².